The zero-order valence-corrected chi connectivity index (χ0v) is 19.5. The molecule has 0 heterocycles. The first-order valence-electron chi connectivity index (χ1n) is 9.22. The molecule has 2 aromatic rings. The monoisotopic (exact) mass is 518 g/mol. The van der Waals surface area contributed by atoms with Crippen molar-refractivity contribution in [1.82, 2.24) is 15.5 Å². The quantitative estimate of drug-likeness (QED) is 0.316. The number of hydrogen-bond donors (Lipinski definition) is 2. The highest BCUT2D eigenvalue weighted by Crippen LogP contribution is 2.24. The maximum atomic E-state index is 14.2. The SMILES string of the molecule is CCNC(=NCc1ccccc1OC)NCC(c1c(F)cccc1F)N(C)C.I. The van der Waals surface area contributed by atoms with Gasteiger partial charge in [0, 0.05) is 24.2 Å². The van der Waals surface area contributed by atoms with Crippen LogP contribution in [0.3, 0.4) is 0 Å². The van der Waals surface area contributed by atoms with Crippen molar-refractivity contribution in [2.45, 2.75) is 19.5 Å². The molecule has 0 amide bonds. The van der Waals surface area contributed by atoms with Crippen molar-refractivity contribution in [3.63, 3.8) is 0 Å². The van der Waals surface area contributed by atoms with Crippen LogP contribution in [-0.2, 0) is 6.54 Å². The van der Waals surface area contributed by atoms with Gasteiger partial charge in [-0.1, -0.05) is 24.3 Å². The van der Waals surface area contributed by atoms with Crippen LogP contribution in [0.5, 0.6) is 5.75 Å². The van der Waals surface area contributed by atoms with E-state index in [2.05, 4.69) is 15.6 Å². The van der Waals surface area contributed by atoms with Gasteiger partial charge in [0.2, 0.25) is 0 Å². The van der Waals surface area contributed by atoms with Gasteiger partial charge in [-0.15, -0.1) is 24.0 Å². The summed E-state index contributed by atoms with van der Waals surface area (Å²) in [7, 11) is 5.20. The van der Waals surface area contributed by atoms with Crippen LogP contribution in [-0.4, -0.2) is 45.2 Å². The maximum absolute atomic E-state index is 14.2. The summed E-state index contributed by atoms with van der Waals surface area (Å²) in [4.78, 5) is 6.35. The van der Waals surface area contributed by atoms with E-state index < -0.39 is 17.7 Å². The number of likely N-dealkylation sites (N-methyl/N-ethyl adjacent to an activating group) is 1. The lowest BCUT2D eigenvalue weighted by Crippen LogP contribution is -2.42. The molecule has 0 aliphatic rings. The van der Waals surface area contributed by atoms with Gasteiger partial charge in [0.25, 0.3) is 0 Å². The van der Waals surface area contributed by atoms with Crippen LogP contribution in [0.1, 0.15) is 24.1 Å². The van der Waals surface area contributed by atoms with Crippen molar-refractivity contribution < 1.29 is 13.5 Å². The summed E-state index contributed by atoms with van der Waals surface area (Å²) in [6.07, 6.45) is 0. The molecule has 0 saturated heterocycles. The summed E-state index contributed by atoms with van der Waals surface area (Å²) in [5, 5.41) is 6.34. The third kappa shape index (κ3) is 7.11. The van der Waals surface area contributed by atoms with Crippen molar-refractivity contribution >= 4 is 29.9 Å². The molecule has 0 aromatic heterocycles. The minimum atomic E-state index is -0.559. The zero-order valence-electron chi connectivity index (χ0n) is 17.2. The first kappa shape index (κ1) is 25.1. The van der Waals surface area contributed by atoms with E-state index in [1.807, 2.05) is 31.2 Å². The van der Waals surface area contributed by atoms with E-state index in [0.29, 0.717) is 25.6 Å². The summed E-state index contributed by atoms with van der Waals surface area (Å²) in [5.74, 6) is 0.214. The number of aliphatic imine (C=N–C) groups is 1. The minimum absolute atomic E-state index is 0. The van der Waals surface area contributed by atoms with Crippen molar-refractivity contribution in [2.75, 3.05) is 34.3 Å². The van der Waals surface area contributed by atoms with Gasteiger partial charge in [-0.25, -0.2) is 13.8 Å². The van der Waals surface area contributed by atoms with Crippen LogP contribution in [0.25, 0.3) is 0 Å². The van der Waals surface area contributed by atoms with E-state index >= 15 is 0 Å². The lowest BCUT2D eigenvalue weighted by molar-refractivity contribution is 0.282. The molecule has 0 aliphatic heterocycles. The summed E-state index contributed by atoms with van der Waals surface area (Å²) in [6, 6.07) is 11.1. The molecule has 0 aliphatic carbocycles. The Hall–Kier alpha value is -1.94. The molecule has 2 rings (SSSR count). The van der Waals surface area contributed by atoms with Crippen molar-refractivity contribution in [3.05, 3.63) is 65.2 Å². The Bertz CT molecular complexity index is 782. The topological polar surface area (TPSA) is 48.9 Å². The third-order valence-corrected chi connectivity index (χ3v) is 4.36. The average molecular weight is 518 g/mol. The van der Waals surface area contributed by atoms with Gasteiger partial charge >= 0.3 is 0 Å². The molecule has 2 N–H and O–H groups in total. The largest absolute Gasteiger partial charge is 0.496 e. The van der Waals surface area contributed by atoms with Crippen LogP contribution in [0.2, 0.25) is 0 Å². The molecule has 1 atom stereocenters. The summed E-state index contributed by atoms with van der Waals surface area (Å²) in [5.41, 5.74) is 0.993. The van der Waals surface area contributed by atoms with Gasteiger partial charge in [-0.05, 0) is 39.2 Å². The van der Waals surface area contributed by atoms with Gasteiger partial charge in [-0.2, -0.15) is 0 Å². The van der Waals surface area contributed by atoms with Crippen LogP contribution in [0, 0.1) is 11.6 Å². The van der Waals surface area contributed by atoms with E-state index in [-0.39, 0.29) is 29.5 Å². The molecular formula is C21H29F2IN4O. The first-order chi connectivity index (χ1) is 13.5. The molecule has 0 bridgehead atoms. The number of benzene rings is 2. The Morgan fingerprint density at radius 3 is 2.31 bits per heavy atom. The normalized spacial score (nSPS) is 12.3. The predicted molar refractivity (Wildman–Crippen MR) is 124 cm³/mol. The molecule has 0 radical (unpaired) electrons. The molecule has 0 fully saturated rings. The van der Waals surface area contributed by atoms with E-state index in [1.165, 1.54) is 18.2 Å². The predicted octanol–water partition coefficient (Wildman–Crippen LogP) is 3.95. The Labute approximate surface area is 188 Å². The van der Waals surface area contributed by atoms with Crippen LogP contribution < -0.4 is 15.4 Å². The Kier molecular flexibility index (Phi) is 10.9. The van der Waals surface area contributed by atoms with Gasteiger partial charge in [0.1, 0.15) is 17.4 Å². The molecule has 5 nitrogen and oxygen atoms in total. The maximum Gasteiger partial charge on any atom is 0.191 e. The van der Waals surface area contributed by atoms with Crippen LogP contribution in [0.15, 0.2) is 47.5 Å². The molecular weight excluding hydrogens is 489 g/mol. The number of ether oxygens (including phenoxy) is 1. The molecule has 1 unspecified atom stereocenters. The Morgan fingerprint density at radius 1 is 1.07 bits per heavy atom. The smallest absolute Gasteiger partial charge is 0.191 e. The summed E-state index contributed by atoms with van der Waals surface area (Å²) < 4.78 is 33.8. The van der Waals surface area contributed by atoms with Crippen LogP contribution >= 0.6 is 24.0 Å². The second kappa shape index (κ2) is 12.6. The van der Waals surface area contributed by atoms with E-state index in [9.17, 15) is 8.78 Å². The van der Waals surface area contributed by atoms with Gasteiger partial charge in [0.15, 0.2) is 5.96 Å². The van der Waals surface area contributed by atoms with Crippen molar-refractivity contribution in [1.29, 1.82) is 0 Å². The lowest BCUT2D eigenvalue weighted by Gasteiger charge is -2.26. The third-order valence-electron chi connectivity index (χ3n) is 4.36. The first-order valence-corrected chi connectivity index (χ1v) is 9.22. The number of halogens is 3. The second-order valence-electron chi connectivity index (χ2n) is 6.50. The van der Waals surface area contributed by atoms with Crippen molar-refractivity contribution in [3.8, 4) is 5.75 Å². The number of para-hydroxylation sites is 1. The molecule has 8 heteroatoms. The second-order valence-corrected chi connectivity index (χ2v) is 6.50. The highest BCUT2D eigenvalue weighted by Gasteiger charge is 2.22. The number of methoxy groups -OCH3 is 1. The van der Waals surface area contributed by atoms with Gasteiger partial charge < -0.3 is 20.3 Å². The lowest BCUT2D eigenvalue weighted by atomic mass is 10.0. The molecule has 160 valence electrons. The number of nitrogens with zero attached hydrogens (tertiary/aromatic N) is 2. The van der Waals surface area contributed by atoms with E-state index in [0.717, 1.165) is 11.3 Å². The minimum Gasteiger partial charge on any atom is -0.496 e. The fraction of sp³-hybridized carbons (Fsp3) is 0.381. The van der Waals surface area contributed by atoms with Crippen molar-refractivity contribution in [2.24, 2.45) is 4.99 Å². The fourth-order valence-corrected chi connectivity index (χ4v) is 2.90. The fourth-order valence-electron chi connectivity index (χ4n) is 2.90. The highest BCUT2D eigenvalue weighted by atomic mass is 127. The number of rotatable bonds is 8. The van der Waals surface area contributed by atoms with Gasteiger partial charge in [-0.3, -0.25) is 0 Å². The highest BCUT2D eigenvalue weighted by molar-refractivity contribution is 14.0. The van der Waals surface area contributed by atoms with E-state index in [1.54, 1.807) is 26.1 Å². The molecule has 29 heavy (non-hydrogen) atoms. The number of hydrogen-bond acceptors (Lipinski definition) is 3. The molecule has 0 saturated carbocycles. The van der Waals surface area contributed by atoms with Gasteiger partial charge in [0.05, 0.1) is 19.7 Å². The average Bonchev–Trinajstić information content (AvgIpc) is 2.68. The standard InChI is InChI=1S/C21H28F2N4O.HI/c1-5-24-21(25-13-15-9-6-7-12-19(15)28-4)26-14-18(27(2)3)20-16(22)10-8-11-17(20)23;/h6-12,18H,5,13-14H2,1-4H3,(H2,24,25,26);1H. The zero-order chi connectivity index (χ0) is 20.5. The Morgan fingerprint density at radius 2 is 1.72 bits per heavy atom. The summed E-state index contributed by atoms with van der Waals surface area (Å²) >= 11 is 0. The Balaban J connectivity index is 0.00000420. The van der Waals surface area contributed by atoms with Crippen LogP contribution in [0.4, 0.5) is 8.78 Å². The number of guanidine groups is 1. The van der Waals surface area contributed by atoms with E-state index in [4.69, 9.17) is 4.74 Å². The molecule has 2 aromatic carbocycles. The molecule has 0 spiro atoms. The summed E-state index contributed by atoms with van der Waals surface area (Å²) in [6.45, 7) is 3.33. The number of nitrogens with one attached hydrogen (secondary N) is 2.